The third-order valence-electron chi connectivity index (χ3n) is 5.42. The molecule has 4 rings (SSSR count). The number of nitrogens with zero attached hydrogens (tertiary/aromatic N) is 2. The SMILES string of the molecule is CCOC(=O)C1=C(C)N=c2sc(=Cc3cc(Br)ccc3OC(C)=O)c(=O)n2C1c1ccc(C)cc1. The molecule has 9 heteroatoms. The van der Waals surface area contributed by atoms with Gasteiger partial charge in [-0.3, -0.25) is 14.2 Å². The number of ether oxygens (including phenoxy) is 2. The molecule has 0 amide bonds. The number of benzene rings is 2. The van der Waals surface area contributed by atoms with Crippen molar-refractivity contribution in [1.29, 1.82) is 0 Å². The van der Waals surface area contributed by atoms with Gasteiger partial charge in [-0.25, -0.2) is 9.79 Å². The first-order valence-electron chi connectivity index (χ1n) is 10.9. The summed E-state index contributed by atoms with van der Waals surface area (Å²) in [5.41, 5.74) is 2.94. The van der Waals surface area contributed by atoms with Gasteiger partial charge in [-0.15, -0.1) is 0 Å². The van der Waals surface area contributed by atoms with Crippen molar-refractivity contribution in [2.75, 3.05) is 6.61 Å². The number of rotatable bonds is 5. The van der Waals surface area contributed by atoms with E-state index in [1.165, 1.54) is 22.8 Å². The fraction of sp³-hybridized carbons (Fsp3) is 0.231. The van der Waals surface area contributed by atoms with Crippen LogP contribution in [-0.2, 0) is 14.3 Å². The van der Waals surface area contributed by atoms with Crippen LogP contribution in [0.3, 0.4) is 0 Å². The summed E-state index contributed by atoms with van der Waals surface area (Å²) in [6.07, 6.45) is 1.67. The van der Waals surface area contributed by atoms with Gasteiger partial charge in [0.2, 0.25) is 0 Å². The summed E-state index contributed by atoms with van der Waals surface area (Å²) in [6.45, 7) is 6.99. The molecule has 1 aliphatic rings. The summed E-state index contributed by atoms with van der Waals surface area (Å²) in [6, 6.07) is 12.2. The molecule has 0 bridgehead atoms. The van der Waals surface area contributed by atoms with Crippen LogP contribution in [0.15, 0.2) is 68.0 Å². The smallest absolute Gasteiger partial charge is 0.338 e. The molecular formula is C26H23BrN2O5S. The third-order valence-corrected chi connectivity index (χ3v) is 6.90. The number of thiazole rings is 1. The van der Waals surface area contributed by atoms with Crippen LogP contribution >= 0.6 is 27.3 Å². The highest BCUT2D eigenvalue weighted by atomic mass is 79.9. The number of allylic oxidation sites excluding steroid dienone is 1. The fourth-order valence-electron chi connectivity index (χ4n) is 3.88. The normalized spacial score (nSPS) is 15.5. The van der Waals surface area contributed by atoms with E-state index in [2.05, 4.69) is 20.9 Å². The highest BCUT2D eigenvalue weighted by Gasteiger charge is 2.33. The quantitative estimate of drug-likeness (QED) is 0.353. The zero-order valence-electron chi connectivity index (χ0n) is 19.6. The van der Waals surface area contributed by atoms with Crippen LogP contribution in [-0.4, -0.2) is 23.1 Å². The van der Waals surface area contributed by atoms with Gasteiger partial charge in [0.05, 0.1) is 28.5 Å². The molecule has 2 aromatic carbocycles. The monoisotopic (exact) mass is 554 g/mol. The first-order valence-corrected chi connectivity index (χ1v) is 12.5. The number of fused-ring (bicyclic) bond motifs is 1. The summed E-state index contributed by atoms with van der Waals surface area (Å²) < 4.78 is 13.3. The van der Waals surface area contributed by atoms with Crippen LogP contribution in [0.2, 0.25) is 0 Å². The minimum Gasteiger partial charge on any atom is -0.463 e. The standard InChI is InChI=1S/C26H23BrN2O5S/c1-5-33-25(32)22-15(3)28-26-29(23(22)17-8-6-14(2)7-9-17)24(31)21(35-26)13-18-12-19(27)10-11-20(18)34-16(4)30/h6-13,23H,5H2,1-4H3. The van der Waals surface area contributed by atoms with Crippen molar-refractivity contribution >= 4 is 45.3 Å². The Labute approximate surface area is 214 Å². The number of carbonyl (C=O) groups is 2. The van der Waals surface area contributed by atoms with Gasteiger partial charge >= 0.3 is 11.9 Å². The minimum absolute atomic E-state index is 0.211. The average molecular weight is 555 g/mol. The zero-order chi connectivity index (χ0) is 25.3. The van der Waals surface area contributed by atoms with E-state index in [0.29, 0.717) is 31.9 Å². The van der Waals surface area contributed by atoms with Gasteiger partial charge < -0.3 is 9.47 Å². The second kappa shape index (κ2) is 10.1. The fourth-order valence-corrected chi connectivity index (χ4v) is 5.29. The lowest BCUT2D eigenvalue weighted by Gasteiger charge is -2.24. The molecule has 7 nitrogen and oxygen atoms in total. The van der Waals surface area contributed by atoms with Crippen molar-refractivity contribution < 1.29 is 19.1 Å². The molecule has 0 spiro atoms. The molecule has 1 unspecified atom stereocenters. The number of hydrogen-bond acceptors (Lipinski definition) is 7. The Kier molecular flexibility index (Phi) is 7.18. The molecule has 1 aliphatic heterocycles. The molecule has 0 fully saturated rings. The Balaban J connectivity index is 1.96. The molecule has 2 heterocycles. The van der Waals surface area contributed by atoms with Crippen molar-refractivity contribution in [2.45, 2.75) is 33.7 Å². The second-order valence-electron chi connectivity index (χ2n) is 7.99. The summed E-state index contributed by atoms with van der Waals surface area (Å²) in [5.74, 6) is -0.625. The number of aromatic nitrogens is 1. The van der Waals surface area contributed by atoms with Crippen molar-refractivity contribution in [3.8, 4) is 5.75 Å². The van der Waals surface area contributed by atoms with Gasteiger partial charge in [0, 0.05) is 17.0 Å². The van der Waals surface area contributed by atoms with Crippen molar-refractivity contribution in [2.24, 2.45) is 4.99 Å². The predicted molar refractivity (Wildman–Crippen MR) is 137 cm³/mol. The molecule has 180 valence electrons. The predicted octanol–water partition coefficient (Wildman–Crippen LogP) is 3.79. The topological polar surface area (TPSA) is 87.0 Å². The third kappa shape index (κ3) is 5.06. The Hall–Kier alpha value is -3.30. The average Bonchev–Trinajstić information content (AvgIpc) is 3.09. The Morgan fingerprint density at radius 2 is 1.89 bits per heavy atom. The molecule has 3 aromatic rings. The van der Waals surface area contributed by atoms with Crippen LogP contribution in [0.4, 0.5) is 0 Å². The molecule has 0 saturated carbocycles. The maximum atomic E-state index is 13.7. The molecule has 0 saturated heterocycles. The summed E-state index contributed by atoms with van der Waals surface area (Å²) in [7, 11) is 0. The molecule has 1 aromatic heterocycles. The number of carbonyl (C=O) groups excluding carboxylic acids is 2. The second-order valence-corrected chi connectivity index (χ2v) is 9.91. The van der Waals surface area contributed by atoms with Crippen molar-refractivity contribution in [1.82, 2.24) is 4.57 Å². The van der Waals surface area contributed by atoms with Gasteiger partial charge in [0.15, 0.2) is 4.80 Å². The first-order chi connectivity index (χ1) is 16.7. The van der Waals surface area contributed by atoms with Gasteiger partial charge in [0.25, 0.3) is 5.56 Å². The van der Waals surface area contributed by atoms with E-state index >= 15 is 0 Å². The number of halogens is 1. The van der Waals surface area contributed by atoms with Gasteiger partial charge in [-0.2, -0.15) is 0 Å². The Bertz CT molecular complexity index is 1530. The van der Waals surface area contributed by atoms with Crippen LogP contribution in [0.25, 0.3) is 6.08 Å². The lowest BCUT2D eigenvalue weighted by atomic mass is 9.95. The van der Waals surface area contributed by atoms with E-state index in [1.807, 2.05) is 31.2 Å². The van der Waals surface area contributed by atoms with E-state index < -0.39 is 18.0 Å². The summed E-state index contributed by atoms with van der Waals surface area (Å²) >= 11 is 4.64. The van der Waals surface area contributed by atoms with Crippen LogP contribution < -0.4 is 19.6 Å². The summed E-state index contributed by atoms with van der Waals surface area (Å²) in [4.78, 5) is 43.3. The van der Waals surface area contributed by atoms with Gasteiger partial charge in [-0.1, -0.05) is 57.1 Å². The van der Waals surface area contributed by atoms with Crippen molar-refractivity contribution in [3.63, 3.8) is 0 Å². The molecular weight excluding hydrogens is 532 g/mol. The van der Waals surface area contributed by atoms with E-state index in [1.54, 1.807) is 38.1 Å². The summed E-state index contributed by atoms with van der Waals surface area (Å²) in [5, 5.41) is 0. The zero-order valence-corrected chi connectivity index (χ0v) is 22.0. The highest BCUT2D eigenvalue weighted by molar-refractivity contribution is 9.10. The van der Waals surface area contributed by atoms with E-state index in [-0.39, 0.29) is 12.2 Å². The van der Waals surface area contributed by atoms with Gasteiger partial charge in [-0.05, 0) is 50.6 Å². The largest absolute Gasteiger partial charge is 0.463 e. The molecule has 0 N–H and O–H groups in total. The van der Waals surface area contributed by atoms with Crippen LogP contribution in [0, 0.1) is 6.92 Å². The van der Waals surface area contributed by atoms with Gasteiger partial charge in [0.1, 0.15) is 5.75 Å². The molecule has 0 aliphatic carbocycles. The van der Waals surface area contributed by atoms with E-state index in [0.717, 1.165) is 15.6 Å². The van der Waals surface area contributed by atoms with Crippen LogP contribution in [0.5, 0.6) is 5.75 Å². The lowest BCUT2D eigenvalue weighted by molar-refractivity contribution is -0.139. The maximum Gasteiger partial charge on any atom is 0.338 e. The number of esters is 2. The maximum absolute atomic E-state index is 13.7. The lowest BCUT2D eigenvalue weighted by Crippen LogP contribution is -2.39. The van der Waals surface area contributed by atoms with Crippen LogP contribution in [0.1, 0.15) is 43.5 Å². The number of hydrogen-bond donors (Lipinski definition) is 0. The Morgan fingerprint density at radius 3 is 2.54 bits per heavy atom. The number of aryl methyl sites for hydroxylation is 1. The molecule has 0 radical (unpaired) electrons. The molecule has 35 heavy (non-hydrogen) atoms. The van der Waals surface area contributed by atoms with Crippen molar-refractivity contribution in [3.05, 3.63) is 94.6 Å². The molecule has 1 atom stereocenters. The van der Waals surface area contributed by atoms with E-state index in [9.17, 15) is 14.4 Å². The van der Waals surface area contributed by atoms with E-state index in [4.69, 9.17) is 9.47 Å². The minimum atomic E-state index is -0.677. The Morgan fingerprint density at radius 1 is 1.17 bits per heavy atom. The first kappa shape index (κ1) is 24.8. The highest BCUT2D eigenvalue weighted by Crippen LogP contribution is 2.31.